The zero-order chi connectivity index (χ0) is 21.7. The molecule has 0 aromatic rings. The Balaban J connectivity index is 1.55. The second kappa shape index (κ2) is 8.39. The summed E-state index contributed by atoms with van der Waals surface area (Å²) in [5.74, 6) is 3.91. The molecule has 4 aliphatic rings. The quantitative estimate of drug-likeness (QED) is 0.620. The standard InChI is InChI=1S/C26H44O4/c1-16(6-9-23(28)30-5)19-7-8-20-24-21(11-13-26(19,20)3)25(2)12-10-18(27)14-17(25)15-22(24)29-4/h16-22,24,27H,6-15H2,1-5H3. The number of methoxy groups -OCH3 is 2. The van der Waals surface area contributed by atoms with Gasteiger partial charge in [-0.3, -0.25) is 4.79 Å². The number of ether oxygens (including phenoxy) is 2. The second-order valence-corrected chi connectivity index (χ2v) is 11.8. The molecule has 1 N–H and O–H groups in total. The molecule has 4 nitrogen and oxygen atoms in total. The van der Waals surface area contributed by atoms with Crippen molar-refractivity contribution in [2.24, 2.45) is 46.3 Å². The monoisotopic (exact) mass is 420 g/mol. The normalized spacial score (nSPS) is 48.9. The molecule has 0 saturated heterocycles. The van der Waals surface area contributed by atoms with Gasteiger partial charge in [-0.2, -0.15) is 0 Å². The number of rotatable bonds is 5. The molecule has 0 aromatic carbocycles. The van der Waals surface area contributed by atoms with Gasteiger partial charge in [0.05, 0.1) is 19.3 Å². The highest BCUT2D eigenvalue weighted by atomic mass is 16.5. The van der Waals surface area contributed by atoms with E-state index in [0.29, 0.717) is 47.0 Å². The maximum atomic E-state index is 11.7. The van der Waals surface area contributed by atoms with Crippen LogP contribution in [0.5, 0.6) is 0 Å². The van der Waals surface area contributed by atoms with Gasteiger partial charge in [-0.25, -0.2) is 0 Å². The van der Waals surface area contributed by atoms with E-state index in [9.17, 15) is 9.90 Å². The molecule has 4 heteroatoms. The lowest BCUT2D eigenvalue weighted by atomic mass is 9.43. The van der Waals surface area contributed by atoms with E-state index in [1.54, 1.807) is 0 Å². The summed E-state index contributed by atoms with van der Waals surface area (Å²) in [4.78, 5) is 11.7. The van der Waals surface area contributed by atoms with Crippen LogP contribution in [0.4, 0.5) is 0 Å². The molecule has 10 unspecified atom stereocenters. The van der Waals surface area contributed by atoms with Gasteiger partial charge in [-0.1, -0.05) is 20.8 Å². The van der Waals surface area contributed by atoms with E-state index in [1.807, 2.05) is 7.11 Å². The summed E-state index contributed by atoms with van der Waals surface area (Å²) in [6, 6.07) is 0. The molecule has 4 aliphatic carbocycles. The lowest BCUT2D eigenvalue weighted by molar-refractivity contribution is -0.181. The van der Waals surface area contributed by atoms with Crippen LogP contribution in [0.15, 0.2) is 0 Å². The molecule has 4 fully saturated rings. The maximum Gasteiger partial charge on any atom is 0.305 e. The zero-order valence-corrected chi connectivity index (χ0v) is 19.9. The molecule has 30 heavy (non-hydrogen) atoms. The Bertz CT molecular complexity index is 635. The highest BCUT2D eigenvalue weighted by molar-refractivity contribution is 5.69. The van der Waals surface area contributed by atoms with E-state index < -0.39 is 0 Å². The van der Waals surface area contributed by atoms with Crippen LogP contribution in [-0.2, 0) is 14.3 Å². The van der Waals surface area contributed by atoms with Crippen LogP contribution in [0.1, 0.15) is 85.0 Å². The van der Waals surface area contributed by atoms with Crippen LogP contribution < -0.4 is 0 Å². The molecule has 0 heterocycles. The van der Waals surface area contributed by atoms with Gasteiger partial charge in [-0.05, 0) is 104 Å². The average Bonchev–Trinajstić information content (AvgIpc) is 3.09. The van der Waals surface area contributed by atoms with E-state index in [1.165, 1.54) is 39.2 Å². The summed E-state index contributed by atoms with van der Waals surface area (Å²) in [5.41, 5.74) is 0.736. The summed E-state index contributed by atoms with van der Waals surface area (Å²) >= 11 is 0. The number of hydrogen-bond acceptors (Lipinski definition) is 4. The predicted molar refractivity (Wildman–Crippen MR) is 118 cm³/mol. The van der Waals surface area contributed by atoms with Gasteiger partial charge in [0.15, 0.2) is 0 Å². The van der Waals surface area contributed by atoms with Crippen LogP contribution >= 0.6 is 0 Å². The van der Waals surface area contributed by atoms with E-state index >= 15 is 0 Å². The van der Waals surface area contributed by atoms with Crippen molar-refractivity contribution in [3.8, 4) is 0 Å². The first kappa shape index (κ1) is 22.6. The van der Waals surface area contributed by atoms with Crippen molar-refractivity contribution in [1.82, 2.24) is 0 Å². The third-order valence-corrected chi connectivity index (χ3v) is 10.7. The number of carbonyl (C=O) groups excluding carboxylic acids is 1. The molecular formula is C26H44O4. The van der Waals surface area contributed by atoms with Crippen molar-refractivity contribution in [3.63, 3.8) is 0 Å². The van der Waals surface area contributed by atoms with Crippen molar-refractivity contribution in [3.05, 3.63) is 0 Å². The first-order chi connectivity index (χ1) is 14.2. The van der Waals surface area contributed by atoms with Crippen LogP contribution in [0, 0.1) is 46.3 Å². The summed E-state index contributed by atoms with van der Waals surface area (Å²) in [6.45, 7) is 7.47. The van der Waals surface area contributed by atoms with Crippen molar-refractivity contribution in [2.45, 2.75) is 97.2 Å². The van der Waals surface area contributed by atoms with E-state index in [0.717, 1.165) is 37.5 Å². The van der Waals surface area contributed by atoms with Gasteiger partial charge in [0.25, 0.3) is 0 Å². The van der Waals surface area contributed by atoms with Crippen molar-refractivity contribution in [2.75, 3.05) is 14.2 Å². The molecule has 0 aliphatic heterocycles. The van der Waals surface area contributed by atoms with Crippen LogP contribution in [0.3, 0.4) is 0 Å². The third-order valence-electron chi connectivity index (χ3n) is 10.7. The van der Waals surface area contributed by atoms with E-state index in [2.05, 4.69) is 20.8 Å². The van der Waals surface area contributed by atoms with Gasteiger partial charge in [-0.15, -0.1) is 0 Å². The first-order valence-corrected chi connectivity index (χ1v) is 12.5. The number of aliphatic hydroxyl groups excluding tert-OH is 1. The molecule has 0 spiro atoms. The van der Waals surface area contributed by atoms with Crippen LogP contribution in [0.2, 0.25) is 0 Å². The predicted octanol–water partition coefficient (Wildman–Crippen LogP) is 5.22. The van der Waals surface area contributed by atoms with Crippen molar-refractivity contribution in [1.29, 1.82) is 0 Å². The zero-order valence-electron chi connectivity index (χ0n) is 19.9. The van der Waals surface area contributed by atoms with E-state index in [4.69, 9.17) is 9.47 Å². The minimum atomic E-state index is -0.113. The molecule has 10 atom stereocenters. The summed E-state index contributed by atoms with van der Waals surface area (Å²) in [7, 11) is 3.41. The minimum absolute atomic E-state index is 0.0737. The molecule has 4 rings (SSSR count). The Morgan fingerprint density at radius 2 is 1.73 bits per heavy atom. The second-order valence-electron chi connectivity index (χ2n) is 11.8. The Morgan fingerprint density at radius 3 is 2.43 bits per heavy atom. The SMILES string of the molecule is COC(=O)CCC(C)C1CCC2C3C(OC)CC4CC(O)CCC4(C)C3CCC12C. The number of aliphatic hydroxyl groups is 1. The molecule has 4 saturated carbocycles. The fraction of sp³-hybridized carbons (Fsp3) is 0.962. The topological polar surface area (TPSA) is 55.8 Å². The lowest BCUT2D eigenvalue weighted by Gasteiger charge is -2.63. The van der Waals surface area contributed by atoms with Gasteiger partial charge in [0.2, 0.25) is 0 Å². The Labute approximate surface area is 183 Å². The third kappa shape index (κ3) is 3.54. The summed E-state index contributed by atoms with van der Waals surface area (Å²) in [5, 5.41) is 10.3. The fourth-order valence-electron chi connectivity index (χ4n) is 9.05. The van der Waals surface area contributed by atoms with Gasteiger partial charge >= 0.3 is 5.97 Å². The minimum Gasteiger partial charge on any atom is -0.469 e. The van der Waals surface area contributed by atoms with Gasteiger partial charge in [0, 0.05) is 13.5 Å². The fourth-order valence-corrected chi connectivity index (χ4v) is 9.05. The Hall–Kier alpha value is -0.610. The van der Waals surface area contributed by atoms with Crippen LogP contribution in [0.25, 0.3) is 0 Å². The number of esters is 1. The van der Waals surface area contributed by atoms with Crippen molar-refractivity contribution < 1.29 is 19.4 Å². The maximum absolute atomic E-state index is 11.7. The van der Waals surface area contributed by atoms with Gasteiger partial charge < -0.3 is 14.6 Å². The average molecular weight is 421 g/mol. The molecule has 0 bridgehead atoms. The first-order valence-electron chi connectivity index (χ1n) is 12.5. The highest BCUT2D eigenvalue weighted by Crippen LogP contribution is 2.68. The highest BCUT2D eigenvalue weighted by Gasteiger charge is 2.63. The number of fused-ring (bicyclic) bond motifs is 5. The van der Waals surface area contributed by atoms with E-state index in [-0.39, 0.29) is 12.1 Å². The van der Waals surface area contributed by atoms with Gasteiger partial charge in [0.1, 0.15) is 0 Å². The van der Waals surface area contributed by atoms with Crippen LogP contribution in [-0.4, -0.2) is 37.5 Å². The largest absolute Gasteiger partial charge is 0.469 e. The molecule has 0 aromatic heterocycles. The number of carbonyl (C=O) groups is 1. The lowest BCUT2D eigenvalue weighted by Crippen LogP contribution is -2.59. The molecule has 0 amide bonds. The van der Waals surface area contributed by atoms with Crippen molar-refractivity contribution >= 4 is 5.97 Å². The summed E-state index contributed by atoms with van der Waals surface area (Å²) < 4.78 is 11.1. The molecule has 172 valence electrons. The molecule has 0 radical (unpaired) electrons. The Morgan fingerprint density at radius 1 is 1.03 bits per heavy atom. The smallest absolute Gasteiger partial charge is 0.305 e. The summed E-state index contributed by atoms with van der Waals surface area (Å²) in [6.07, 6.45) is 11.2. The number of hydrogen-bond donors (Lipinski definition) is 1. The molecular weight excluding hydrogens is 376 g/mol. The Kier molecular flexibility index (Phi) is 6.31.